The molecule has 0 spiro atoms. The van der Waals surface area contributed by atoms with Gasteiger partial charge in [0.1, 0.15) is 6.07 Å². The summed E-state index contributed by atoms with van der Waals surface area (Å²) in [6, 6.07) is 7.28. The second kappa shape index (κ2) is 7.03. The number of hydrogen-bond donors (Lipinski definition) is 0. The molecule has 0 aliphatic carbocycles. The van der Waals surface area contributed by atoms with Crippen molar-refractivity contribution in [3.8, 4) is 6.07 Å². The van der Waals surface area contributed by atoms with E-state index in [-0.39, 0.29) is 41.0 Å². The van der Waals surface area contributed by atoms with Gasteiger partial charge in [0.05, 0.1) is 28.1 Å². The molecule has 1 aromatic carbocycles. The van der Waals surface area contributed by atoms with E-state index in [1.807, 2.05) is 6.07 Å². The van der Waals surface area contributed by atoms with E-state index in [2.05, 4.69) is 0 Å². The summed E-state index contributed by atoms with van der Waals surface area (Å²) < 4.78 is 57.0. The number of hydrogen-bond acceptors (Lipinski definition) is 6. The van der Waals surface area contributed by atoms with Gasteiger partial charge in [-0.3, -0.25) is 0 Å². The van der Waals surface area contributed by atoms with E-state index in [1.54, 1.807) is 12.1 Å². The first-order chi connectivity index (χ1) is 11.8. The highest BCUT2D eigenvalue weighted by molar-refractivity contribution is 7.92. The molecular formula is C16H20N2O5S2. The van der Waals surface area contributed by atoms with Gasteiger partial charge in [-0.05, 0) is 31.4 Å². The Hall–Kier alpha value is -1.47. The molecule has 2 aliphatic heterocycles. The molecule has 0 radical (unpaired) electrons. The highest BCUT2D eigenvalue weighted by atomic mass is 32.2. The van der Waals surface area contributed by atoms with Crippen LogP contribution in [0.15, 0.2) is 29.2 Å². The van der Waals surface area contributed by atoms with Crippen molar-refractivity contribution >= 4 is 19.9 Å². The molecule has 9 heteroatoms. The minimum absolute atomic E-state index is 0.0187. The Balaban J connectivity index is 1.99. The lowest BCUT2D eigenvalue weighted by Crippen LogP contribution is -2.45. The van der Waals surface area contributed by atoms with Crippen LogP contribution < -0.4 is 0 Å². The first-order valence-corrected chi connectivity index (χ1v) is 11.4. The number of benzene rings is 1. The molecule has 3 rings (SSSR count). The third-order valence-electron chi connectivity index (χ3n) is 4.62. The Bertz CT molecular complexity index is 883. The molecule has 0 N–H and O–H groups in total. The van der Waals surface area contributed by atoms with Crippen LogP contribution in [0.25, 0.3) is 0 Å². The summed E-state index contributed by atoms with van der Waals surface area (Å²) in [4.78, 5) is -0.0835. The van der Waals surface area contributed by atoms with E-state index in [0.29, 0.717) is 6.61 Å². The second-order valence-corrected chi connectivity index (χ2v) is 10.5. The van der Waals surface area contributed by atoms with Crippen LogP contribution in [0, 0.1) is 11.3 Å². The van der Waals surface area contributed by atoms with Gasteiger partial charge in [-0.1, -0.05) is 12.1 Å². The highest BCUT2D eigenvalue weighted by Gasteiger charge is 2.41. The molecule has 0 bridgehead atoms. The first kappa shape index (κ1) is 18.3. The summed E-state index contributed by atoms with van der Waals surface area (Å²) >= 11 is 0. The first-order valence-electron chi connectivity index (χ1n) is 8.16. The van der Waals surface area contributed by atoms with Crippen molar-refractivity contribution in [1.82, 2.24) is 4.31 Å². The van der Waals surface area contributed by atoms with Gasteiger partial charge in [0.2, 0.25) is 10.0 Å². The average Bonchev–Trinajstić information content (AvgIpc) is 3.21. The van der Waals surface area contributed by atoms with Gasteiger partial charge < -0.3 is 4.74 Å². The topological polar surface area (TPSA) is 105 Å². The smallest absolute Gasteiger partial charge is 0.244 e. The molecular weight excluding hydrogens is 364 g/mol. The van der Waals surface area contributed by atoms with Crippen molar-refractivity contribution in [1.29, 1.82) is 5.26 Å². The normalized spacial score (nSPS) is 25.9. The molecule has 1 aromatic rings. The van der Waals surface area contributed by atoms with E-state index in [1.165, 1.54) is 16.4 Å². The Morgan fingerprint density at radius 3 is 2.64 bits per heavy atom. The quantitative estimate of drug-likeness (QED) is 0.747. The molecule has 0 amide bonds. The fourth-order valence-electron chi connectivity index (χ4n) is 3.35. The zero-order valence-corrected chi connectivity index (χ0v) is 15.3. The molecule has 0 aromatic heterocycles. The van der Waals surface area contributed by atoms with E-state index in [4.69, 9.17) is 4.74 Å². The van der Waals surface area contributed by atoms with Crippen molar-refractivity contribution in [3.05, 3.63) is 29.8 Å². The van der Waals surface area contributed by atoms with Crippen molar-refractivity contribution < 1.29 is 21.6 Å². The SMILES string of the molecule is N#Cc1ccccc1S(=O)(=O)N(C[C@H]1CCCO1)[C@@H]1CCS(=O)(=O)C1. The predicted molar refractivity (Wildman–Crippen MR) is 91.1 cm³/mol. The summed E-state index contributed by atoms with van der Waals surface area (Å²) in [5.41, 5.74) is 0.0562. The minimum Gasteiger partial charge on any atom is -0.377 e. The van der Waals surface area contributed by atoms with E-state index >= 15 is 0 Å². The van der Waals surface area contributed by atoms with Gasteiger partial charge in [-0.25, -0.2) is 16.8 Å². The fraction of sp³-hybridized carbons (Fsp3) is 0.562. The van der Waals surface area contributed by atoms with Crippen molar-refractivity contribution in [3.63, 3.8) is 0 Å². The van der Waals surface area contributed by atoms with E-state index < -0.39 is 25.9 Å². The van der Waals surface area contributed by atoms with Crippen LogP contribution in [-0.4, -0.2) is 57.9 Å². The lowest BCUT2D eigenvalue weighted by Gasteiger charge is -2.29. The monoisotopic (exact) mass is 384 g/mol. The maximum Gasteiger partial charge on any atom is 0.244 e. The van der Waals surface area contributed by atoms with Crippen LogP contribution in [0.1, 0.15) is 24.8 Å². The predicted octanol–water partition coefficient (Wildman–Crippen LogP) is 0.915. The van der Waals surface area contributed by atoms with Crippen LogP contribution in [0.4, 0.5) is 0 Å². The number of nitriles is 1. The minimum atomic E-state index is -4.00. The van der Waals surface area contributed by atoms with E-state index in [9.17, 15) is 22.1 Å². The molecule has 2 atom stereocenters. The van der Waals surface area contributed by atoms with Gasteiger partial charge in [-0.2, -0.15) is 9.57 Å². The molecule has 136 valence electrons. The third-order valence-corrected chi connectivity index (χ3v) is 8.34. The molecule has 2 fully saturated rings. The standard InChI is InChI=1S/C16H20N2O5S2/c17-10-13-4-1-2-6-16(13)25(21,22)18(11-15-5-3-8-23-15)14-7-9-24(19,20)12-14/h1-2,4,6,14-15H,3,5,7-9,11-12H2/t14-,15-/m1/s1. The Kier molecular flexibility index (Phi) is 5.16. The van der Waals surface area contributed by atoms with Gasteiger partial charge in [0.25, 0.3) is 0 Å². The van der Waals surface area contributed by atoms with Crippen LogP contribution >= 0.6 is 0 Å². The maximum atomic E-state index is 13.2. The average molecular weight is 384 g/mol. The number of nitrogens with zero attached hydrogens (tertiary/aromatic N) is 2. The third kappa shape index (κ3) is 3.87. The van der Waals surface area contributed by atoms with Crippen LogP contribution in [0.3, 0.4) is 0 Å². The summed E-state index contributed by atoms with van der Waals surface area (Å²) in [5.74, 6) is -0.206. The molecule has 0 unspecified atom stereocenters. The van der Waals surface area contributed by atoms with Crippen LogP contribution in [0.5, 0.6) is 0 Å². The van der Waals surface area contributed by atoms with Gasteiger partial charge in [-0.15, -0.1) is 0 Å². The summed E-state index contributed by atoms with van der Waals surface area (Å²) in [5, 5.41) is 9.24. The Morgan fingerprint density at radius 2 is 2.04 bits per heavy atom. The summed E-state index contributed by atoms with van der Waals surface area (Å²) in [6.07, 6.45) is 1.62. The number of sulfonamides is 1. The molecule has 0 saturated carbocycles. The molecule has 2 aliphatic rings. The molecule has 2 saturated heterocycles. The van der Waals surface area contributed by atoms with E-state index in [0.717, 1.165) is 12.8 Å². The van der Waals surface area contributed by atoms with Gasteiger partial charge >= 0.3 is 0 Å². The largest absolute Gasteiger partial charge is 0.377 e. The summed E-state index contributed by atoms with van der Waals surface area (Å²) in [6.45, 7) is 0.693. The summed E-state index contributed by atoms with van der Waals surface area (Å²) in [7, 11) is -7.24. The number of ether oxygens (including phenoxy) is 1. The molecule has 7 nitrogen and oxygen atoms in total. The van der Waals surface area contributed by atoms with Crippen LogP contribution in [-0.2, 0) is 24.6 Å². The van der Waals surface area contributed by atoms with Gasteiger partial charge in [0, 0.05) is 19.2 Å². The lowest BCUT2D eigenvalue weighted by molar-refractivity contribution is 0.0877. The molecule has 2 heterocycles. The fourth-order valence-corrected chi connectivity index (χ4v) is 7.00. The van der Waals surface area contributed by atoms with Crippen molar-refractivity contribution in [2.24, 2.45) is 0 Å². The Labute approximate surface area is 148 Å². The van der Waals surface area contributed by atoms with Crippen LogP contribution in [0.2, 0.25) is 0 Å². The maximum absolute atomic E-state index is 13.2. The highest BCUT2D eigenvalue weighted by Crippen LogP contribution is 2.28. The molecule has 25 heavy (non-hydrogen) atoms. The Morgan fingerprint density at radius 1 is 1.28 bits per heavy atom. The number of rotatable bonds is 5. The van der Waals surface area contributed by atoms with Gasteiger partial charge in [0.15, 0.2) is 9.84 Å². The van der Waals surface area contributed by atoms with Crippen molar-refractivity contribution in [2.75, 3.05) is 24.7 Å². The second-order valence-electron chi connectivity index (χ2n) is 6.37. The number of sulfone groups is 1. The lowest BCUT2D eigenvalue weighted by atomic mass is 10.2. The zero-order valence-electron chi connectivity index (χ0n) is 13.7. The zero-order chi connectivity index (χ0) is 18.1. The van der Waals surface area contributed by atoms with Crippen molar-refractivity contribution in [2.45, 2.75) is 36.3 Å².